The Bertz CT molecular complexity index is 990. The lowest BCUT2D eigenvalue weighted by atomic mass is 10.1. The van der Waals surface area contributed by atoms with Gasteiger partial charge in [-0.3, -0.25) is 4.79 Å². The molecule has 136 valence electrons. The van der Waals surface area contributed by atoms with Crippen LogP contribution in [0.25, 0.3) is 11.3 Å². The van der Waals surface area contributed by atoms with E-state index in [-0.39, 0.29) is 11.5 Å². The molecule has 0 spiro atoms. The Balaban J connectivity index is 1.64. The van der Waals surface area contributed by atoms with Crippen LogP contribution in [0.15, 0.2) is 70.2 Å². The van der Waals surface area contributed by atoms with Crippen molar-refractivity contribution in [1.29, 1.82) is 0 Å². The van der Waals surface area contributed by atoms with Gasteiger partial charge in [0.15, 0.2) is 0 Å². The molecule has 1 heterocycles. The van der Waals surface area contributed by atoms with E-state index in [0.717, 1.165) is 5.56 Å². The third-order valence-electron chi connectivity index (χ3n) is 3.73. The summed E-state index contributed by atoms with van der Waals surface area (Å²) in [6.07, 6.45) is 1.38. The molecule has 1 amide bonds. The number of carboxylic acid groups (broad SMARTS) is 1. The predicted molar refractivity (Wildman–Crippen MR) is 99.2 cm³/mol. The van der Waals surface area contributed by atoms with Crippen LogP contribution in [0.5, 0.6) is 5.75 Å². The van der Waals surface area contributed by atoms with Crippen molar-refractivity contribution >= 4 is 18.1 Å². The van der Waals surface area contributed by atoms with Gasteiger partial charge in [0.1, 0.15) is 17.3 Å². The Labute approximate surface area is 154 Å². The fraction of sp³-hybridized carbons (Fsp3) is 0.0500. The monoisotopic (exact) mass is 364 g/mol. The number of hydrazone groups is 1. The Hall–Kier alpha value is -3.87. The lowest BCUT2D eigenvalue weighted by Gasteiger charge is -2.02. The molecule has 0 saturated heterocycles. The summed E-state index contributed by atoms with van der Waals surface area (Å²) in [6, 6.07) is 16.5. The quantitative estimate of drug-likeness (QED) is 0.515. The molecular formula is C20H16N2O5. The van der Waals surface area contributed by atoms with E-state index in [0.29, 0.717) is 22.8 Å². The number of nitrogens with one attached hydrogen (secondary N) is 1. The topological polar surface area (TPSA) is 101 Å². The van der Waals surface area contributed by atoms with Gasteiger partial charge < -0.3 is 14.3 Å². The van der Waals surface area contributed by atoms with Crippen LogP contribution in [0.3, 0.4) is 0 Å². The highest BCUT2D eigenvalue weighted by Crippen LogP contribution is 2.22. The van der Waals surface area contributed by atoms with Crippen molar-refractivity contribution < 1.29 is 23.8 Å². The second-order valence-corrected chi connectivity index (χ2v) is 5.52. The van der Waals surface area contributed by atoms with Crippen LogP contribution in [0.4, 0.5) is 0 Å². The van der Waals surface area contributed by atoms with Crippen LogP contribution in [-0.2, 0) is 0 Å². The van der Waals surface area contributed by atoms with Crippen molar-refractivity contribution in [2.24, 2.45) is 5.10 Å². The SMILES string of the molecule is COc1cccc(C(=O)NN=Cc2ccc(-c3ccc(C(=O)O)cc3)o2)c1. The lowest BCUT2D eigenvalue weighted by molar-refractivity contribution is 0.0696. The van der Waals surface area contributed by atoms with Gasteiger partial charge in [-0.05, 0) is 42.5 Å². The van der Waals surface area contributed by atoms with E-state index in [9.17, 15) is 9.59 Å². The van der Waals surface area contributed by atoms with Crippen LogP contribution in [-0.4, -0.2) is 30.3 Å². The first kappa shape index (κ1) is 17.9. The minimum absolute atomic E-state index is 0.201. The average Bonchev–Trinajstić information content (AvgIpc) is 3.17. The van der Waals surface area contributed by atoms with E-state index in [1.165, 1.54) is 25.5 Å². The van der Waals surface area contributed by atoms with Gasteiger partial charge in [-0.1, -0.05) is 18.2 Å². The third kappa shape index (κ3) is 4.40. The van der Waals surface area contributed by atoms with E-state index in [1.54, 1.807) is 48.5 Å². The molecule has 0 fully saturated rings. The largest absolute Gasteiger partial charge is 0.497 e. The summed E-state index contributed by atoms with van der Waals surface area (Å²) >= 11 is 0. The molecule has 0 saturated carbocycles. The zero-order valence-corrected chi connectivity index (χ0v) is 14.4. The van der Waals surface area contributed by atoms with Crippen LogP contribution in [0.1, 0.15) is 26.5 Å². The molecule has 2 N–H and O–H groups in total. The molecule has 0 aliphatic heterocycles. The highest BCUT2D eigenvalue weighted by Gasteiger charge is 2.07. The number of nitrogens with zero attached hydrogens (tertiary/aromatic N) is 1. The molecule has 3 rings (SSSR count). The van der Waals surface area contributed by atoms with Crippen molar-refractivity contribution in [3.8, 4) is 17.1 Å². The molecule has 0 radical (unpaired) electrons. The number of methoxy groups -OCH3 is 1. The van der Waals surface area contributed by atoms with Gasteiger partial charge in [-0.2, -0.15) is 5.10 Å². The summed E-state index contributed by atoms with van der Waals surface area (Å²) in [5.74, 6) is 0.226. The molecule has 7 heteroatoms. The number of amides is 1. The van der Waals surface area contributed by atoms with Gasteiger partial charge in [0, 0.05) is 11.1 Å². The van der Waals surface area contributed by atoms with Gasteiger partial charge in [0.2, 0.25) is 0 Å². The molecule has 2 aromatic carbocycles. The van der Waals surface area contributed by atoms with Gasteiger partial charge in [0.25, 0.3) is 5.91 Å². The molecule has 27 heavy (non-hydrogen) atoms. The number of benzene rings is 2. The summed E-state index contributed by atoms with van der Waals surface area (Å²) < 4.78 is 10.7. The van der Waals surface area contributed by atoms with E-state index in [1.807, 2.05) is 0 Å². The summed E-state index contributed by atoms with van der Waals surface area (Å²) in [4.78, 5) is 22.9. The highest BCUT2D eigenvalue weighted by molar-refractivity contribution is 5.95. The van der Waals surface area contributed by atoms with E-state index < -0.39 is 5.97 Å². The Morgan fingerprint density at radius 1 is 1.07 bits per heavy atom. The fourth-order valence-corrected chi connectivity index (χ4v) is 2.34. The molecule has 0 unspecified atom stereocenters. The summed E-state index contributed by atoms with van der Waals surface area (Å²) in [7, 11) is 1.53. The highest BCUT2D eigenvalue weighted by atomic mass is 16.5. The van der Waals surface area contributed by atoms with Gasteiger partial charge >= 0.3 is 5.97 Å². The number of carbonyl (C=O) groups is 2. The van der Waals surface area contributed by atoms with Crippen LogP contribution >= 0.6 is 0 Å². The number of carboxylic acids is 1. The first-order valence-electron chi connectivity index (χ1n) is 7.98. The average molecular weight is 364 g/mol. The first-order valence-corrected chi connectivity index (χ1v) is 7.98. The van der Waals surface area contributed by atoms with Crippen molar-refractivity contribution in [1.82, 2.24) is 5.43 Å². The number of hydrogen-bond acceptors (Lipinski definition) is 5. The van der Waals surface area contributed by atoms with Crippen LogP contribution < -0.4 is 10.2 Å². The first-order chi connectivity index (χ1) is 13.1. The second-order valence-electron chi connectivity index (χ2n) is 5.52. The molecule has 0 aliphatic rings. The van der Waals surface area contributed by atoms with Gasteiger partial charge in [0.05, 0.1) is 18.9 Å². The number of rotatable bonds is 6. The van der Waals surface area contributed by atoms with Crippen molar-refractivity contribution in [2.75, 3.05) is 7.11 Å². The molecule has 0 atom stereocenters. The Morgan fingerprint density at radius 2 is 1.85 bits per heavy atom. The Kier molecular flexibility index (Phi) is 5.32. The molecular weight excluding hydrogens is 348 g/mol. The zero-order valence-electron chi connectivity index (χ0n) is 14.4. The predicted octanol–water partition coefficient (Wildman–Crippen LogP) is 3.42. The minimum Gasteiger partial charge on any atom is -0.497 e. The van der Waals surface area contributed by atoms with E-state index in [2.05, 4.69) is 10.5 Å². The van der Waals surface area contributed by atoms with Crippen LogP contribution in [0.2, 0.25) is 0 Å². The normalized spacial score (nSPS) is 10.7. The zero-order chi connectivity index (χ0) is 19.2. The number of furan rings is 1. The van der Waals surface area contributed by atoms with Crippen molar-refractivity contribution in [3.05, 3.63) is 77.6 Å². The molecule has 0 bridgehead atoms. The number of ether oxygens (including phenoxy) is 1. The van der Waals surface area contributed by atoms with E-state index >= 15 is 0 Å². The second kappa shape index (κ2) is 8.01. The lowest BCUT2D eigenvalue weighted by Crippen LogP contribution is -2.17. The number of hydrogen-bond donors (Lipinski definition) is 2. The maximum absolute atomic E-state index is 12.1. The summed E-state index contributed by atoms with van der Waals surface area (Å²) in [5, 5.41) is 12.8. The third-order valence-corrected chi connectivity index (χ3v) is 3.73. The van der Waals surface area contributed by atoms with Crippen LogP contribution in [0, 0.1) is 0 Å². The molecule has 1 aromatic heterocycles. The smallest absolute Gasteiger partial charge is 0.335 e. The van der Waals surface area contributed by atoms with Gasteiger partial charge in [-0.25, -0.2) is 10.2 Å². The number of aromatic carboxylic acids is 1. The van der Waals surface area contributed by atoms with Gasteiger partial charge in [-0.15, -0.1) is 0 Å². The molecule has 3 aromatic rings. The molecule has 7 nitrogen and oxygen atoms in total. The maximum Gasteiger partial charge on any atom is 0.335 e. The summed E-state index contributed by atoms with van der Waals surface area (Å²) in [5.41, 5.74) is 3.78. The van der Waals surface area contributed by atoms with Crippen molar-refractivity contribution in [3.63, 3.8) is 0 Å². The minimum atomic E-state index is -0.986. The number of carbonyl (C=O) groups excluding carboxylic acids is 1. The van der Waals surface area contributed by atoms with Crippen molar-refractivity contribution in [2.45, 2.75) is 0 Å². The molecule has 0 aliphatic carbocycles. The van der Waals surface area contributed by atoms with E-state index in [4.69, 9.17) is 14.3 Å². The maximum atomic E-state index is 12.1. The summed E-state index contributed by atoms with van der Waals surface area (Å²) in [6.45, 7) is 0. The fourth-order valence-electron chi connectivity index (χ4n) is 2.34. The Morgan fingerprint density at radius 3 is 2.56 bits per heavy atom. The standard InChI is InChI=1S/C20H16N2O5/c1-26-16-4-2-3-15(11-16)19(23)22-21-12-17-9-10-18(27-17)13-5-7-14(8-6-13)20(24)25/h2-12H,1H3,(H,22,23)(H,24,25).